The Morgan fingerprint density at radius 3 is 2.47 bits per heavy atom. The maximum absolute atomic E-state index is 11.4. The van der Waals surface area contributed by atoms with Gasteiger partial charge >= 0.3 is 0 Å². The predicted molar refractivity (Wildman–Crippen MR) is 138 cm³/mol. The Morgan fingerprint density at radius 1 is 1.17 bits per heavy atom. The summed E-state index contributed by atoms with van der Waals surface area (Å²) in [7, 11) is 1.59. The number of nitrogens with zero attached hydrogens (tertiary/aromatic N) is 5. The molecule has 2 aromatic heterocycles. The number of rotatable bonds is 10. The number of hydrogen-bond donors (Lipinski definition) is 3. The highest BCUT2D eigenvalue weighted by atomic mass is 32.2. The third kappa shape index (κ3) is 6.52. The quantitative estimate of drug-likeness (QED) is 0.347. The molecule has 1 saturated heterocycles. The molecule has 12 heteroatoms. The van der Waals surface area contributed by atoms with Gasteiger partial charge in [0.1, 0.15) is 5.78 Å². The van der Waals surface area contributed by atoms with Gasteiger partial charge in [-0.15, -0.1) is 0 Å². The number of ketones is 1. The number of methoxy groups -OCH3 is 1. The van der Waals surface area contributed by atoms with Gasteiger partial charge in [-0.3, -0.25) is 19.6 Å². The number of anilines is 3. The number of benzene rings is 1. The number of hydrogen-bond acceptors (Lipinski definition) is 10. The molecule has 0 aliphatic carbocycles. The van der Waals surface area contributed by atoms with Crippen LogP contribution in [0, 0.1) is 6.92 Å². The fourth-order valence-electron chi connectivity index (χ4n) is 3.96. The summed E-state index contributed by atoms with van der Waals surface area (Å²) in [5, 5.41) is 11.0. The van der Waals surface area contributed by atoms with E-state index in [-0.39, 0.29) is 18.2 Å². The highest BCUT2D eigenvalue weighted by Gasteiger charge is 2.25. The lowest BCUT2D eigenvalue weighted by atomic mass is 10.1. The molecule has 4 rings (SSSR count). The highest BCUT2D eigenvalue weighted by molar-refractivity contribution is 7.99. The van der Waals surface area contributed by atoms with Crippen molar-refractivity contribution in [3.8, 4) is 5.75 Å². The molecule has 1 fully saturated rings. The first-order valence-corrected chi connectivity index (χ1v) is 12.4. The van der Waals surface area contributed by atoms with Crippen molar-refractivity contribution in [1.29, 1.82) is 0 Å². The third-order valence-electron chi connectivity index (χ3n) is 5.62. The van der Waals surface area contributed by atoms with Crippen LogP contribution in [0.3, 0.4) is 0 Å². The number of H-pyrrole nitrogens is 1. The molecule has 0 saturated carbocycles. The molecule has 3 heterocycles. The summed E-state index contributed by atoms with van der Waals surface area (Å²) in [4.78, 5) is 37.4. The molecule has 1 aliphatic rings. The van der Waals surface area contributed by atoms with E-state index in [0.29, 0.717) is 61.0 Å². The van der Waals surface area contributed by atoms with Crippen molar-refractivity contribution < 1.29 is 14.3 Å². The lowest BCUT2D eigenvalue weighted by Gasteiger charge is -2.35. The molecule has 3 aromatic rings. The Bertz CT molecular complexity index is 1220. The molecular weight excluding hydrogens is 480 g/mol. The van der Waals surface area contributed by atoms with Gasteiger partial charge in [0, 0.05) is 49.3 Å². The van der Waals surface area contributed by atoms with E-state index in [0.717, 1.165) is 16.2 Å². The van der Waals surface area contributed by atoms with Gasteiger partial charge in [0.15, 0.2) is 22.6 Å². The van der Waals surface area contributed by atoms with Crippen LogP contribution in [-0.4, -0.2) is 76.6 Å². The van der Waals surface area contributed by atoms with Crippen molar-refractivity contribution in [2.24, 2.45) is 5.73 Å². The van der Waals surface area contributed by atoms with Crippen molar-refractivity contribution in [3.05, 3.63) is 41.6 Å². The van der Waals surface area contributed by atoms with Gasteiger partial charge in [0.2, 0.25) is 11.7 Å². The summed E-state index contributed by atoms with van der Waals surface area (Å²) >= 11 is 1.42. The average Bonchev–Trinajstić information content (AvgIpc) is 3.24. The van der Waals surface area contributed by atoms with Gasteiger partial charge in [0.25, 0.3) is 0 Å². The molecule has 0 bridgehead atoms. The van der Waals surface area contributed by atoms with E-state index >= 15 is 0 Å². The van der Waals surface area contributed by atoms with Crippen LogP contribution in [0.2, 0.25) is 0 Å². The van der Waals surface area contributed by atoms with E-state index in [2.05, 4.69) is 20.4 Å². The summed E-state index contributed by atoms with van der Waals surface area (Å²) in [6, 6.07) is 9.69. The predicted octanol–water partition coefficient (Wildman–Crippen LogP) is 2.15. The average molecular weight is 511 g/mol. The molecule has 4 N–H and O–H groups in total. The van der Waals surface area contributed by atoms with Crippen LogP contribution in [0.25, 0.3) is 0 Å². The number of piperazine rings is 1. The van der Waals surface area contributed by atoms with E-state index in [1.54, 1.807) is 14.0 Å². The van der Waals surface area contributed by atoms with Gasteiger partial charge in [-0.05, 0) is 43.3 Å². The number of ether oxygens (including phenoxy) is 1. The maximum Gasteiger partial charge on any atom is 0.231 e. The van der Waals surface area contributed by atoms with Gasteiger partial charge in [-0.1, -0.05) is 12.1 Å². The van der Waals surface area contributed by atoms with E-state index in [9.17, 15) is 9.59 Å². The smallest absolute Gasteiger partial charge is 0.231 e. The summed E-state index contributed by atoms with van der Waals surface area (Å²) in [6.07, 6.45) is 0.410. The molecule has 0 spiro atoms. The Morgan fingerprint density at radius 2 is 1.89 bits per heavy atom. The van der Waals surface area contributed by atoms with Crippen LogP contribution in [0.5, 0.6) is 5.75 Å². The topological polar surface area (TPSA) is 142 Å². The Labute approximate surface area is 213 Å². The van der Waals surface area contributed by atoms with Crippen LogP contribution in [-0.2, 0) is 16.0 Å². The molecule has 190 valence electrons. The second-order valence-electron chi connectivity index (χ2n) is 8.63. The Balaban J connectivity index is 1.63. The molecule has 0 atom stereocenters. The highest BCUT2D eigenvalue weighted by Crippen LogP contribution is 2.38. The number of aromatic amines is 1. The number of carbonyl (C=O) groups is 2. The number of nitrogens with two attached hydrogens (primary N) is 1. The van der Waals surface area contributed by atoms with E-state index in [4.69, 9.17) is 20.4 Å². The zero-order valence-corrected chi connectivity index (χ0v) is 21.4. The zero-order valence-electron chi connectivity index (χ0n) is 20.6. The van der Waals surface area contributed by atoms with E-state index < -0.39 is 0 Å². The van der Waals surface area contributed by atoms with Crippen LogP contribution in [0.4, 0.5) is 17.5 Å². The second-order valence-corrected chi connectivity index (χ2v) is 9.67. The summed E-state index contributed by atoms with van der Waals surface area (Å²) < 4.78 is 5.76. The van der Waals surface area contributed by atoms with Crippen molar-refractivity contribution in [2.45, 2.75) is 30.3 Å². The van der Waals surface area contributed by atoms with Crippen LogP contribution in [0.15, 0.2) is 40.4 Å². The third-order valence-corrected chi connectivity index (χ3v) is 6.49. The zero-order chi connectivity index (χ0) is 25.7. The molecule has 1 amide bonds. The standard InChI is InChI=1S/C24H30N8O3S/c1-15-12-20(30-29-15)26-22-21(35-3)23(32-10-8-31(9-11-32)14-19(25)34)28-24(27-22)36-18-6-4-17(5-7-18)13-16(2)33/h4-7,12H,8-11,13-14H2,1-3H3,(H2,25,34)(H2,26,27,28,29,30). The lowest BCUT2D eigenvalue weighted by molar-refractivity contribution is -0.119. The molecule has 0 radical (unpaired) electrons. The SMILES string of the molecule is COc1c(Nc2cc(C)[nH]n2)nc(Sc2ccc(CC(C)=O)cc2)nc1N1CCN(CC(N)=O)CC1. The van der Waals surface area contributed by atoms with E-state index in [1.807, 2.05) is 42.2 Å². The van der Waals surface area contributed by atoms with Crippen molar-refractivity contribution in [1.82, 2.24) is 25.1 Å². The van der Waals surface area contributed by atoms with Crippen LogP contribution >= 0.6 is 11.8 Å². The molecule has 11 nitrogen and oxygen atoms in total. The minimum absolute atomic E-state index is 0.124. The number of amides is 1. The summed E-state index contributed by atoms with van der Waals surface area (Å²) in [5.41, 5.74) is 7.24. The number of aryl methyl sites for hydroxylation is 1. The van der Waals surface area contributed by atoms with Crippen molar-refractivity contribution in [3.63, 3.8) is 0 Å². The first-order chi connectivity index (χ1) is 17.3. The Kier molecular flexibility index (Phi) is 8.06. The number of Topliss-reactive ketones (excluding diaryl/α,β-unsaturated/α-hetero) is 1. The maximum atomic E-state index is 11.4. The first kappa shape index (κ1) is 25.5. The minimum Gasteiger partial charge on any atom is -0.490 e. The fraction of sp³-hybridized carbons (Fsp3) is 0.375. The van der Waals surface area contributed by atoms with Gasteiger partial charge in [-0.25, -0.2) is 9.97 Å². The number of carbonyl (C=O) groups excluding carboxylic acids is 2. The van der Waals surface area contributed by atoms with Crippen LogP contribution in [0.1, 0.15) is 18.2 Å². The lowest BCUT2D eigenvalue weighted by Crippen LogP contribution is -2.49. The van der Waals surface area contributed by atoms with E-state index in [1.165, 1.54) is 11.8 Å². The fourth-order valence-corrected chi connectivity index (χ4v) is 4.71. The van der Waals surface area contributed by atoms with Gasteiger partial charge < -0.3 is 20.7 Å². The summed E-state index contributed by atoms with van der Waals surface area (Å²) in [6.45, 7) is 6.41. The molecule has 1 aromatic carbocycles. The van der Waals surface area contributed by atoms with Crippen LogP contribution < -0.4 is 20.7 Å². The molecule has 1 aliphatic heterocycles. The monoisotopic (exact) mass is 510 g/mol. The minimum atomic E-state index is -0.336. The second kappa shape index (κ2) is 11.4. The number of aromatic nitrogens is 4. The van der Waals surface area contributed by atoms with Gasteiger partial charge in [-0.2, -0.15) is 5.10 Å². The molecular formula is C24H30N8O3S. The summed E-state index contributed by atoms with van der Waals surface area (Å²) in [5.74, 6) is 2.09. The number of nitrogens with one attached hydrogen (secondary N) is 2. The largest absolute Gasteiger partial charge is 0.490 e. The van der Waals surface area contributed by atoms with Gasteiger partial charge in [0.05, 0.1) is 13.7 Å². The number of primary amides is 1. The van der Waals surface area contributed by atoms with Crippen molar-refractivity contribution in [2.75, 3.05) is 50.1 Å². The Hall–Kier alpha value is -3.64. The normalized spacial score (nSPS) is 14.0. The van der Waals surface area contributed by atoms with Crippen molar-refractivity contribution >= 4 is 40.9 Å². The first-order valence-electron chi connectivity index (χ1n) is 11.6. The molecule has 0 unspecified atom stereocenters. The molecule has 36 heavy (non-hydrogen) atoms.